The molecule has 178 valence electrons. The highest BCUT2D eigenvalue weighted by Crippen LogP contribution is 2.37. The van der Waals surface area contributed by atoms with E-state index in [1.165, 1.54) is 11.3 Å². The Kier molecular flexibility index (Phi) is 6.02. The van der Waals surface area contributed by atoms with E-state index in [-0.39, 0.29) is 12.5 Å². The standard InChI is InChI=1S/C22H15F6N3O2S/c1-33-17-4-2-12(3-5-17)18-10-31-16(11-34-20(31)30-18)9-19(32)29-15-7-13(21(23,24)25)6-14(8-15)22(26,27)28/h2-8,10-11H,9H2,1H3,(H,29,32). The number of benzene rings is 2. The van der Waals surface area contributed by atoms with Crippen LogP contribution in [-0.4, -0.2) is 22.4 Å². The van der Waals surface area contributed by atoms with Crippen LogP contribution >= 0.6 is 11.3 Å². The first-order valence-electron chi connectivity index (χ1n) is 9.63. The van der Waals surface area contributed by atoms with Gasteiger partial charge in [0, 0.05) is 28.5 Å². The number of anilines is 1. The van der Waals surface area contributed by atoms with E-state index in [1.54, 1.807) is 35.2 Å². The van der Waals surface area contributed by atoms with Crippen LogP contribution in [0.2, 0.25) is 0 Å². The lowest BCUT2D eigenvalue weighted by Gasteiger charge is -2.14. The van der Waals surface area contributed by atoms with E-state index in [4.69, 9.17) is 4.74 Å². The topological polar surface area (TPSA) is 55.6 Å². The maximum absolute atomic E-state index is 13.0. The van der Waals surface area contributed by atoms with Gasteiger partial charge in [0.2, 0.25) is 5.91 Å². The predicted octanol–water partition coefficient (Wildman–Crippen LogP) is 6.29. The van der Waals surface area contributed by atoms with Crippen LogP contribution in [0.3, 0.4) is 0 Å². The van der Waals surface area contributed by atoms with Gasteiger partial charge in [-0.2, -0.15) is 26.3 Å². The third kappa shape index (κ3) is 5.01. The number of halogens is 6. The number of alkyl halides is 6. The number of thiazole rings is 1. The van der Waals surface area contributed by atoms with Gasteiger partial charge < -0.3 is 10.1 Å². The molecule has 0 spiro atoms. The summed E-state index contributed by atoms with van der Waals surface area (Å²) in [5.74, 6) is -0.0998. The molecule has 0 aliphatic heterocycles. The van der Waals surface area contributed by atoms with Crippen LogP contribution in [0.15, 0.2) is 54.0 Å². The average Bonchev–Trinajstić information content (AvgIpc) is 3.34. The Morgan fingerprint density at radius 3 is 2.21 bits per heavy atom. The summed E-state index contributed by atoms with van der Waals surface area (Å²) in [5.41, 5.74) is -1.70. The molecule has 0 saturated heterocycles. The van der Waals surface area contributed by atoms with E-state index in [1.807, 2.05) is 12.1 Å². The minimum atomic E-state index is -5.01. The lowest BCUT2D eigenvalue weighted by molar-refractivity contribution is -0.143. The number of hydrogen-bond acceptors (Lipinski definition) is 4. The normalized spacial score (nSPS) is 12.2. The molecule has 12 heteroatoms. The molecule has 34 heavy (non-hydrogen) atoms. The number of aromatic nitrogens is 2. The van der Waals surface area contributed by atoms with Gasteiger partial charge in [-0.25, -0.2) is 4.98 Å². The van der Waals surface area contributed by atoms with Crippen LogP contribution < -0.4 is 10.1 Å². The molecule has 2 aromatic carbocycles. The van der Waals surface area contributed by atoms with E-state index < -0.39 is 35.1 Å². The molecule has 1 N–H and O–H groups in total. The third-order valence-corrected chi connectivity index (χ3v) is 5.77. The lowest BCUT2D eigenvalue weighted by Crippen LogP contribution is -2.17. The van der Waals surface area contributed by atoms with Gasteiger partial charge in [0.15, 0.2) is 4.96 Å². The summed E-state index contributed by atoms with van der Waals surface area (Å²) in [6, 6.07) is 8.09. The summed E-state index contributed by atoms with van der Waals surface area (Å²) in [5, 5.41) is 3.78. The maximum Gasteiger partial charge on any atom is 0.416 e. The van der Waals surface area contributed by atoms with Crippen molar-refractivity contribution in [2.75, 3.05) is 12.4 Å². The van der Waals surface area contributed by atoms with Gasteiger partial charge in [-0.3, -0.25) is 9.20 Å². The van der Waals surface area contributed by atoms with Crippen molar-refractivity contribution in [2.24, 2.45) is 0 Å². The summed E-state index contributed by atoms with van der Waals surface area (Å²) in [7, 11) is 1.54. The molecule has 0 aliphatic rings. The Balaban J connectivity index is 1.56. The molecule has 2 aromatic heterocycles. The maximum atomic E-state index is 13.0. The number of hydrogen-bond donors (Lipinski definition) is 1. The molecule has 4 rings (SSSR count). The molecule has 0 bridgehead atoms. The fourth-order valence-corrected chi connectivity index (χ4v) is 4.13. The van der Waals surface area contributed by atoms with E-state index in [0.717, 1.165) is 5.56 Å². The molecule has 0 saturated carbocycles. The quantitative estimate of drug-likeness (QED) is 0.329. The van der Waals surface area contributed by atoms with Crippen molar-refractivity contribution in [3.05, 3.63) is 70.9 Å². The van der Waals surface area contributed by atoms with Crippen molar-refractivity contribution in [3.63, 3.8) is 0 Å². The summed E-state index contributed by atoms with van der Waals surface area (Å²) >= 11 is 1.25. The van der Waals surface area contributed by atoms with Gasteiger partial charge in [-0.15, -0.1) is 11.3 Å². The molecule has 4 aromatic rings. The van der Waals surface area contributed by atoms with Crippen LogP contribution in [0.1, 0.15) is 16.8 Å². The molecular formula is C22H15F6N3O2S. The summed E-state index contributed by atoms with van der Waals surface area (Å²) in [6.07, 6.45) is -8.60. The van der Waals surface area contributed by atoms with Crippen molar-refractivity contribution in [1.29, 1.82) is 0 Å². The third-order valence-electron chi connectivity index (χ3n) is 4.88. The zero-order chi connectivity index (χ0) is 24.7. The fourth-order valence-electron chi connectivity index (χ4n) is 3.25. The molecule has 0 radical (unpaired) electrons. The summed E-state index contributed by atoms with van der Waals surface area (Å²) in [4.78, 5) is 17.5. The number of amides is 1. The number of carbonyl (C=O) groups excluding carboxylic acids is 1. The highest BCUT2D eigenvalue weighted by Gasteiger charge is 2.37. The van der Waals surface area contributed by atoms with Crippen LogP contribution in [0.5, 0.6) is 5.75 Å². The SMILES string of the molecule is COc1ccc(-c2cn3c(CC(=O)Nc4cc(C(F)(F)F)cc(C(F)(F)F)c4)csc3n2)cc1. The fraction of sp³-hybridized carbons (Fsp3) is 0.182. The Morgan fingerprint density at radius 1 is 1.03 bits per heavy atom. The van der Waals surface area contributed by atoms with Crippen molar-refractivity contribution in [2.45, 2.75) is 18.8 Å². The highest BCUT2D eigenvalue weighted by molar-refractivity contribution is 7.15. The first-order valence-corrected chi connectivity index (χ1v) is 10.5. The molecular weight excluding hydrogens is 484 g/mol. The van der Waals surface area contributed by atoms with Crippen molar-refractivity contribution in [1.82, 2.24) is 9.38 Å². The Labute approximate surface area is 192 Å². The van der Waals surface area contributed by atoms with Gasteiger partial charge in [0.05, 0.1) is 30.4 Å². The van der Waals surface area contributed by atoms with Crippen molar-refractivity contribution < 1.29 is 35.9 Å². The molecule has 0 unspecified atom stereocenters. The molecule has 2 heterocycles. The van der Waals surface area contributed by atoms with Crippen LogP contribution in [0.25, 0.3) is 16.2 Å². The van der Waals surface area contributed by atoms with Crippen molar-refractivity contribution >= 4 is 27.9 Å². The first kappa shape index (κ1) is 23.6. The Hall–Kier alpha value is -3.54. The van der Waals surface area contributed by atoms with Gasteiger partial charge in [-0.05, 0) is 42.5 Å². The minimum absolute atomic E-state index is 0.00422. The van der Waals surface area contributed by atoms with Gasteiger partial charge in [0.1, 0.15) is 5.75 Å². The van der Waals surface area contributed by atoms with Crippen LogP contribution in [-0.2, 0) is 23.6 Å². The lowest BCUT2D eigenvalue weighted by atomic mass is 10.1. The average molecular weight is 499 g/mol. The molecule has 5 nitrogen and oxygen atoms in total. The first-order chi connectivity index (χ1) is 15.9. The highest BCUT2D eigenvalue weighted by atomic mass is 32.1. The summed E-state index contributed by atoms with van der Waals surface area (Å²) < 4.78 is 85.0. The monoisotopic (exact) mass is 499 g/mol. The second-order valence-corrected chi connectivity index (χ2v) is 8.09. The number of imidazole rings is 1. The molecule has 1 amide bonds. The van der Waals surface area contributed by atoms with E-state index in [9.17, 15) is 31.1 Å². The van der Waals surface area contributed by atoms with Crippen molar-refractivity contribution in [3.8, 4) is 17.0 Å². The van der Waals surface area contributed by atoms with E-state index in [2.05, 4.69) is 10.3 Å². The molecule has 0 fully saturated rings. The second kappa shape index (κ2) is 8.67. The number of nitrogens with one attached hydrogen (secondary N) is 1. The minimum Gasteiger partial charge on any atom is -0.497 e. The van der Waals surface area contributed by atoms with E-state index in [0.29, 0.717) is 34.2 Å². The van der Waals surface area contributed by atoms with Crippen LogP contribution in [0, 0.1) is 0 Å². The summed E-state index contributed by atoms with van der Waals surface area (Å²) in [6.45, 7) is 0. The van der Waals surface area contributed by atoms with E-state index >= 15 is 0 Å². The largest absolute Gasteiger partial charge is 0.497 e. The van der Waals surface area contributed by atoms with Gasteiger partial charge in [0.25, 0.3) is 0 Å². The smallest absolute Gasteiger partial charge is 0.416 e. The number of methoxy groups -OCH3 is 1. The number of carbonyl (C=O) groups is 1. The molecule has 0 aliphatic carbocycles. The van der Waals surface area contributed by atoms with Gasteiger partial charge in [-0.1, -0.05) is 0 Å². The number of rotatable bonds is 5. The van der Waals surface area contributed by atoms with Gasteiger partial charge >= 0.3 is 12.4 Å². The number of ether oxygens (including phenoxy) is 1. The number of nitrogens with zero attached hydrogens (tertiary/aromatic N) is 2. The second-order valence-electron chi connectivity index (χ2n) is 7.25. The molecule has 0 atom stereocenters. The van der Waals surface area contributed by atoms with Crippen LogP contribution in [0.4, 0.5) is 32.0 Å². The zero-order valence-electron chi connectivity index (χ0n) is 17.3. The zero-order valence-corrected chi connectivity index (χ0v) is 18.1. The Morgan fingerprint density at radius 2 is 1.65 bits per heavy atom. The number of fused-ring (bicyclic) bond motifs is 1. The Bertz CT molecular complexity index is 1310. The predicted molar refractivity (Wildman–Crippen MR) is 114 cm³/mol.